The maximum Gasteiger partial charge on any atom is 0.253 e. The minimum absolute atomic E-state index is 0.138. The van der Waals surface area contributed by atoms with E-state index in [1.807, 2.05) is 35.6 Å². The van der Waals surface area contributed by atoms with Crippen LogP contribution < -0.4 is 4.74 Å². The molecule has 1 fully saturated rings. The van der Waals surface area contributed by atoms with Crippen LogP contribution >= 0.6 is 11.3 Å². The van der Waals surface area contributed by atoms with E-state index in [0.717, 1.165) is 44.0 Å². The van der Waals surface area contributed by atoms with Gasteiger partial charge in [0.15, 0.2) is 0 Å². The van der Waals surface area contributed by atoms with Crippen LogP contribution in [0.2, 0.25) is 0 Å². The van der Waals surface area contributed by atoms with Gasteiger partial charge in [-0.2, -0.15) is 0 Å². The number of rotatable bonds is 9. The average molecular weight is 477 g/mol. The number of likely N-dealkylation sites (tertiary alicyclic amines) is 1. The summed E-state index contributed by atoms with van der Waals surface area (Å²) in [5, 5.41) is 2.15. The van der Waals surface area contributed by atoms with Gasteiger partial charge in [-0.1, -0.05) is 49.7 Å². The zero-order valence-corrected chi connectivity index (χ0v) is 21.6. The second-order valence-corrected chi connectivity index (χ2v) is 10.9. The van der Waals surface area contributed by atoms with Crippen molar-refractivity contribution in [3.05, 3.63) is 87.6 Å². The molecule has 1 aromatic heterocycles. The van der Waals surface area contributed by atoms with Gasteiger partial charge in [0.2, 0.25) is 0 Å². The van der Waals surface area contributed by atoms with Crippen LogP contribution in [-0.4, -0.2) is 49.0 Å². The highest BCUT2D eigenvalue weighted by Gasteiger charge is 2.36. The highest BCUT2D eigenvalue weighted by molar-refractivity contribution is 7.09. The molecule has 0 bridgehead atoms. The summed E-state index contributed by atoms with van der Waals surface area (Å²) in [7, 11) is 1.70. The molecule has 1 amide bonds. The monoisotopic (exact) mass is 476 g/mol. The van der Waals surface area contributed by atoms with Crippen molar-refractivity contribution in [2.24, 2.45) is 11.8 Å². The van der Waals surface area contributed by atoms with Crippen molar-refractivity contribution < 1.29 is 9.53 Å². The lowest BCUT2D eigenvalue weighted by Crippen LogP contribution is -2.39. The van der Waals surface area contributed by atoms with E-state index in [4.69, 9.17) is 4.74 Å². The highest BCUT2D eigenvalue weighted by Crippen LogP contribution is 2.35. The summed E-state index contributed by atoms with van der Waals surface area (Å²) in [5.74, 6) is 2.19. The molecule has 1 aliphatic heterocycles. The molecule has 2 heterocycles. The number of nitrogens with zero attached hydrogens (tertiary/aromatic N) is 2. The lowest BCUT2D eigenvalue weighted by Gasteiger charge is -2.30. The Hall–Kier alpha value is -2.63. The minimum atomic E-state index is 0.138. The molecule has 0 radical (unpaired) electrons. The van der Waals surface area contributed by atoms with E-state index in [2.05, 4.69) is 72.3 Å². The molecule has 34 heavy (non-hydrogen) atoms. The molecular weight excluding hydrogens is 440 g/mol. The van der Waals surface area contributed by atoms with Gasteiger partial charge < -0.3 is 9.64 Å². The topological polar surface area (TPSA) is 32.8 Å². The third kappa shape index (κ3) is 6.08. The first kappa shape index (κ1) is 24.5. The molecule has 1 aliphatic rings. The van der Waals surface area contributed by atoms with Crippen LogP contribution in [0.5, 0.6) is 5.75 Å². The molecule has 0 spiro atoms. The lowest BCUT2D eigenvalue weighted by atomic mass is 9.88. The number of hydrogen-bond donors (Lipinski definition) is 0. The smallest absolute Gasteiger partial charge is 0.253 e. The molecule has 2 atom stereocenters. The maximum absolute atomic E-state index is 13.5. The van der Waals surface area contributed by atoms with Gasteiger partial charge in [-0.15, -0.1) is 11.3 Å². The van der Waals surface area contributed by atoms with Gasteiger partial charge in [-0.05, 0) is 60.0 Å². The van der Waals surface area contributed by atoms with Crippen molar-refractivity contribution in [1.82, 2.24) is 9.80 Å². The Morgan fingerprint density at radius 2 is 1.82 bits per heavy atom. The number of aryl methyl sites for hydroxylation is 1. The van der Waals surface area contributed by atoms with Crippen molar-refractivity contribution in [2.75, 3.05) is 33.3 Å². The third-order valence-corrected chi connectivity index (χ3v) is 7.51. The second-order valence-electron chi connectivity index (χ2n) is 9.88. The Kier molecular flexibility index (Phi) is 8.07. The van der Waals surface area contributed by atoms with Crippen LogP contribution in [0.15, 0.2) is 66.0 Å². The lowest BCUT2D eigenvalue weighted by molar-refractivity contribution is 0.0703. The molecule has 1 saturated heterocycles. The van der Waals surface area contributed by atoms with Crippen molar-refractivity contribution >= 4 is 17.2 Å². The summed E-state index contributed by atoms with van der Waals surface area (Å²) in [5.41, 5.74) is 3.28. The number of benzene rings is 2. The predicted molar refractivity (Wildman–Crippen MR) is 141 cm³/mol. The van der Waals surface area contributed by atoms with Crippen LogP contribution in [0, 0.1) is 18.8 Å². The Labute approximate surface area is 208 Å². The molecule has 2 unspecified atom stereocenters. The molecule has 2 aromatic carbocycles. The largest absolute Gasteiger partial charge is 0.497 e. The van der Waals surface area contributed by atoms with Gasteiger partial charge in [0, 0.05) is 49.1 Å². The molecule has 3 aromatic rings. The van der Waals surface area contributed by atoms with E-state index < -0.39 is 0 Å². The zero-order chi connectivity index (χ0) is 24.1. The summed E-state index contributed by atoms with van der Waals surface area (Å²) in [6.07, 6.45) is 0. The number of amides is 1. The fourth-order valence-corrected chi connectivity index (χ4v) is 5.72. The first-order valence-corrected chi connectivity index (χ1v) is 13.1. The summed E-state index contributed by atoms with van der Waals surface area (Å²) in [6.45, 7) is 10.9. The standard InChI is InChI=1S/C29H36N2O2S/c1-21(2)16-31(29(32)24-9-7-22(3)8-10-24)18-25-17-30(19-27-6-5-15-34-27)20-28(25)23-11-13-26(33-4)14-12-23/h5-15,21,25,28H,16-20H2,1-4H3. The van der Waals surface area contributed by atoms with Gasteiger partial charge in [-0.25, -0.2) is 0 Å². The van der Waals surface area contributed by atoms with Gasteiger partial charge >= 0.3 is 0 Å². The van der Waals surface area contributed by atoms with E-state index >= 15 is 0 Å². The first-order chi connectivity index (χ1) is 16.4. The molecule has 0 saturated carbocycles. The molecule has 4 nitrogen and oxygen atoms in total. The normalized spacial score (nSPS) is 18.4. The molecule has 5 heteroatoms. The summed E-state index contributed by atoms with van der Waals surface area (Å²) in [6, 6.07) is 20.8. The van der Waals surface area contributed by atoms with Crippen LogP contribution in [-0.2, 0) is 6.54 Å². The summed E-state index contributed by atoms with van der Waals surface area (Å²) in [4.78, 5) is 19.6. The minimum Gasteiger partial charge on any atom is -0.497 e. The van der Waals surface area contributed by atoms with Crippen molar-refractivity contribution in [3.63, 3.8) is 0 Å². The number of carbonyl (C=O) groups excluding carboxylic acids is 1. The Bertz CT molecular complexity index is 1040. The SMILES string of the molecule is COc1ccc(C2CN(Cc3cccs3)CC2CN(CC(C)C)C(=O)c2ccc(C)cc2)cc1. The van der Waals surface area contributed by atoms with E-state index in [0.29, 0.717) is 17.8 Å². The fraction of sp³-hybridized carbons (Fsp3) is 0.414. The Balaban J connectivity index is 1.57. The maximum atomic E-state index is 13.5. The Morgan fingerprint density at radius 1 is 1.09 bits per heavy atom. The Morgan fingerprint density at radius 3 is 2.44 bits per heavy atom. The van der Waals surface area contributed by atoms with Gasteiger partial charge in [-0.3, -0.25) is 9.69 Å². The highest BCUT2D eigenvalue weighted by atomic mass is 32.1. The van der Waals surface area contributed by atoms with Gasteiger partial charge in [0.05, 0.1) is 7.11 Å². The van der Waals surface area contributed by atoms with Gasteiger partial charge in [0.25, 0.3) is 5.91 Å². The molecular formula is C29H36N2O2S. The van der Waals surface area contributed by atoms with Crippen LogP contribution in [0.25, 0.3) is 0 Å². The number of methoxy groups -OCH3 is 1. The van der Waals surface area contributed by atoms with Crippen LogP contribution in [0.1, 0.15) is 46.1 Å². The quantitative estimate of drug-likeness (QED) is 0.375. The van der Waals surface area contributed by atoms with E-state index in [1.165, 1.54) is 16.0 Å². The van der Waals surface area contributed by atoms with Crippen molar-refractivity contribution in [3.8, 4) is 5.75 Å². The zero-order valence-electron chi connectivity index (χ0n) is 20.7. The number of ether oxygens (including phenoxy) is 1. The average Bonchev–Trinajstić information content (AvgIpc) is 3.48. The predicted octanol–water partition coefficient (Wildman–Crippen LogP) is 6.08. The van der Waals surface area contributed by atoms with Crippen LogP contribution in [0.3, 0.4) is 0 Å². The molecule has 180 valence electrons. The molecule has 0 N–H and O–H groups in total. The summed E-state index contributed by atoms with van der Waals surface area (Å²) < 4.78 is 5.39. The van der Waals surface area contributed by atoms with E-state index in [-0.39, 0.29) is 5.91 Å². The van der Waals surface area contributed by atoms with E-state index in [1.54, 1.807) is 7.11 Å². The number of hydrogen-bond acceptors (Lipinski definition) is 4. The van der Waals surface area contributed by atoms with Crippen molar-refractivity contribution in [1.29, 1.82) is 0 Å². The molecule has 0 aliphatic carbocycles. The second kappa shape index (κ2) is 11.2. The third-order valence-electron chi connectivity index (χ3n) is 6.65. The first-order valence-electron chi connectivity index (χ1n) is 12.2. The van der Waals surface area contributed by atoms with Crippen molar-refractivity contribution in [2.45, 2.75) is 33.2 Å². The fourth-order valence-electron chi connectivity index (χ4n) is 4.97. The molecule has 4 rings (SSSR count). The van der Waals surface area contributed by atoms with Crippen LogP contribution in [0.4, 0.5) is 0 Å². The van der Waals surface area contributed by atoms with Gasteiger partial charge in [0.1, 0.15) is 5.75 Å². The number of carbonyl (C=O) groups is 1. The van der Waals surface area contributed by atoms with E-state index in [9.17, 15) is 4.79 Å². The summed E-state index contributed by atoms with van der Waals surface area (Å²) >= 11 is 1.82. The number of thiophene rings is 1.